The Labute approximate surface area is 135 Å². The molecule has 20 heavy (non-hydrogen) atoms. The number of halogens is 1. The van der Waals surface area contributed by atoms with Crippen molar-refractivity contribution in [3.8, 4) is 0 Å². The van der Waals surface area contributed by atoms with Gasteiger partial charge in [0.05, 0.1) is 12.1 Å². The number of amides is 1. The summed E-state index contributed by atoms with van der Waals surface area (Å²) in [5.41, 5.74) is 7.14. The molecule has 0 spiro atoms. The van der Waals surface area contributed by atoms with Gasteiger partial charge < -0.3 is 11.1 Å². The monoisotopic (exact) mass is 332 g/mol. The van der Waals surface area contributed by atoms with Gasteiger partial charge in [-0.1, -0.05) is 18.2 Å². The van der Waals surface area contributed by atoms with Crippen LogP contribution in [0.25, 0.3) is 0 Å². The lowest BCUT2D eigenvalue weighted by Crippen LogP contribution is -2.43. The molecule has 2 atom stereocenters. The molecule has 0 saturated heterocycles. The van der Waals surface area contributed by atoms with Gasteiger partial charge >= 0.3 is 0 Å². The normalized spacial score (nSPS) is 18.6. The predicted octanol–water partition coefficient (Wildman–Crippen LogP) is 2.84. The maximum atomic E-state index is 12.1. The Kier molecular flexibility index (Phi) is 7.80. The minimum Gasteiger partial charge on any atom is -0.348 e. The van der Waals surface area contributed by atoms with Crippen LogP contribution in [0.15, 0.2) is 29.2 Å². The van der Waals surface area contributed by atoms with E-state index < -0.39 is 6.04 Å². The van der Waals surface area contributed by atoms with E-state index in [1.165, 1.54) is 10.5 Å². The molecule has 0 aliphatic carbocycles. The highest BCUT2D eigenvalue weighted by molar-refractivity contribution is 7.99. The molecule has 1 unspecified atom stereocenters. The van der Waals surface area contributed by atoms with Crippen LogP contribution in [0.3, 0.4) is 0 Å². The van der Waals surface area contributed by atoms with Crippen molar-refractivity contribution >= 4 is 41.8 Å². The average molecular weight is 333 g/mol. The van der Waals surface area contributed by atoms with Crippen molar-refractivity contribution in [3.05, 3.63) is 29.8 Å². The van der Waals surface area contributed by atoms with Crippen LogP contribution in [0.2, 0.25) is 0 Å². The zero-order valence-corrected chi connectivity index (χ0v) is 14.0. The fourth-order valence-corrected chi connectivity index (χ4v) is 3.76. The van der Waals surface area contributed by atoms with Crippen molar-refractivity contribution in [2.24, 2.45) is 5.73 Å². The summed E-state index contributed by atoms with van der Waals surface area (Å²) in [6, 6.07) is 8.00. The topological polar surface area (TPSA) is 55.1 Å². The molecular formula is C14H21ClN2OS2. The smallest absolute Gasteiger partial charge is 0.237 e. The fourth-order valence-electron chi connectivity index (χ4n) is 2.15. The van der Waals surface area contributed by atoms with Crippen LogP contribution >= 0.6 is 35.9 Å². The molecule has 0 saturated carbocycles. The maximum Gasteiger partial charge on any atom is 0.237 e. The standard InChI is InChI=1S/C14H20N2OS2.ClH/c1-18-8-6-11(15)14(17)16-12-7-9-19-13-5-3-2-4-10(12)13;/h2-5,11-12H,6-9,15H2,1H3,(H,16,17);1H/t11-,12?;/m0./s1. The van der Waals surface area contributed by atoms with E-state index in [1.807, 2.05) is 30.2 Å². The zero-order valence-electron chi connectivity index (χ0n) is 11.5. The van der Waals surface area contributed by atoms with Gasteiger partial charge in [-0.2, -0.15) is 11.8 Å². The molecule has 1 aliphatic rings. The Morgan fingerprint density at radius 2 is 2.30 bits per heavy atom. The van der Waals surface area contributed by atoms with Crippen molar-refractivity contribution in [2.75, 3.05) is 17.8 Å². The molecule has 2 rings (SSSR count). The first-order chi connectivity index (χ1) is 9.22. The molecule has 3 nitrogen and oxygen atoms in total. The second-order valence-electron chi connectivity index (χ2n) is 4.62. The summed E-state index contributed by atoms with van der Waals surface area (Å²) in [4.78, 5) is 13.3. The van der Waals surface area contributed by atoms with Crippen LogP contribution in [0, 0.1) is 0 Å². The van der Waals surface area contributed by atoms with E-state index in [4.69, 9.17) is 5.73 Å². The molecule has 1 aromatic carbocycles. The highest BCUT2D eigenvalue weighted by Crippen LogP contribution is 2.35. The summed E-state index contributed by atoms with van der Waals surface area (Å²) < 4.78 is 0. The lowest BCUT2D eigenvalue weighted by atomic mass is 10.0. The van der Waals surface area contributed by atoms with Gasteiger partial charge in [-0.15, -0.1) is 24.2 Å². The van der Waals surface area contributed by atoms with E-state index >= 15 is 0 Å². The van der Waals surface area contributed by atoms with Gasteiger partial charge in [0, 0.05) is 10.6 Å². The highest BCUT2D eigenvalue weighted by Gasteiger charge is 2.23. The van der Waals surface area contributed by atoms with Gasteiger partial charge in [-0.25, -0.2) is 0 Å². The van der Waals surface area contributed by atoms with Crippen LogP contribution in [0.5, 0.6) is 0 Å². The Hall–Kier alpha value is -0.360. The van der Waals surface area contributed by atoms with E-state index in [1.54, 1.807) is 11.8 Å². The number of carbonyl (C=O) groups is 1. The number of hydrogen-bond acceptors (Lipinski definition) is 4. The Bertz CT molecular complexity index is 445. The second-order valence-corrected chi connectivity index (χ2v) is 6.75. The Balaban J connectivity index is 0.00000200. The Morgan fingerprint density at radius 3 is 3.05 bits per heavy atom. The van der Waals surface area contributed by atoms with E-state index in [-0.39, 0.29) is 24.4 Å². The third-order valence-corrected chi connectivity index (χ3v) is 5.01. The van der Waals surface area contributed by atoms with Gasteiger partial charge in [0.1, 0.15) is 0 Å². The average Bonchev–Trinajstić information content (AvgIpc) is 2.45. The quantitative estimate of drug-likeness (QED) is 0.870. The van der Waals surface area contributed by atoms with E-state index in [0.29, 0.717) is 0 Å². The van der Waals surface area contributed by atoms with Crippen LogP contribution in [-0.4, -0.2) is 29.7 Å². The van der Waals surface area contributed by atoms with Crippen LogP contribution in [0.4, 0.5) is 0 Å². The van der Waals surface area contributed by atoms with Crippen LogP contribution in [0.1, 0.15) is 24.4 Å². The minimum absolute atomic E-state index is 0. The van der Waals surface area contributed by atoms with Crippen molar-refractivity contribution in [2.45, 2.75) is 29.8 Å². The first-order valence-corrected chi connectivity index (χ1v) is 8.87. The number of nitrogens with two attached hydrogens (primary N) is 1. The lowest BCUT2D eigenvalue weighted by Gasteiger charge is -2.27. The summed E-state index contributed by atoms with van der Waals surface area (Å²) >= 11 is 3.57. The van der Waals surface area contributed by atoms with Crippen molar-refractivity contribution in [3.63, 3.8) is 0 Å². The molecule has 112 valence electrons. The number of benzene rings is 1. The second kappa shape index (κ2) is 8.82. The first-order valence-electron chi connectivity index (χ1n) is 6.49. The number of rotatable bonds is 5. The van der Waals surface area contributed by atoms with Gasteiger partial charge in [0.2, 0.25) is 5.91 Å². The first kappa shape index (κ1) is 17.7. The molecule has 1 aliphatic heterocycles. The summed E-state index contributed by atoms with van der Waals surface area (Å²) in [5, 5.41) is 3.10. The summed E-state index contributed by atoms with van der Waals surface area (Å²) in [5.74, 6) is 1.94. The molecule has 3 N–H and O–H groups in total. The number of thioether (sulfide) groups is 2. The van der Waals surface area contributed by atoms with Crippen molar-refractivity contribution in [1.82, 2.24) is 5.32 Å². The molecule has 0 fully saturated rings. The van der Waals surface area contributed by atoms with Crippen LogP contribution < -0.4 is 11.1 Å². The molecular weight excluding hydrogens is 312 g/mol. The number of carbonyl (C=O) groups excluding carboxylic acids is 1. The van der Waals surface area contributed by atoms with E-state index in [9.17, 15) is 4.79 Å². The van der Waals surface area contributed by atoms with Gasteiger partial charge in [-0.3, -0.25) is 4.79 Å². The molecule has 0 radical (unpaired) electrons. The predicted molar refractivity (Wildman–Crippen MR) is 90.9 cm³/mol. The molecule has 0 aromatic heterocycles. The highest BCUT2D eigenvalue weighted by atomic mass is 35.5. The maximum absolute atomic E-state index is 12.1. The van der Waals surface area contributed by atoms with Gasteiger partial charge in [0.15, 0.2) is 0 Å². The molecule has 1 amide bonds. The van der Waals surface area contributed by atoms with E-state index in [2.05, 4.69) is 17.4 Å². The lowest BCUT2D eigenvalue weighted by molar-refractivity contribution is -0.123. The largest absolute Gasteiger partial charge is 0.348 e. The van der Waals surface area contributed by atoms with Gasteiger partial charge in [0.25, 0.3) is 0 Å². The van der Waals surface area contributed by atoms with Crippen LogP contribution in [-0.2, 0) is 4.79 Å². The summed E-state index contributed by atoms with van der Waals surface area (Å²) in [7, 11) is 0. The summed E-state index contributed by atoms with van der Waals surface area (Å²) in [6.07, 6.45) is 3.73. The molecule has 0 bridgehead atoms. The number of nitrogens with one attached hydrogen (secondary N) is 1. The van der Waals surface area contributed by atoms with Crippen molar-refractivity contribution in [1.29, 1.82) is 0 Å². The fraction of sp³-hybridized carbons (Fsp3) is 0.500. The van der Waals surface area contributed by atoms with Gasteiger partial charge in [-0.05, 0) is 36.5 Å². The molecule has 6 heteroatoms. The third kappa shape index (κ3) is 4.58. The zero-order chi connectivity index (χ0) is 13.7. The van der Waals surface area contributed by atoms with Crippen molar-refractivity contribution < 1.29 is 4.79 Å². The third-order valence-electron chi connectivity index (χ3n) is 3.24. The van der Waals surface area contributed by atoms with E-state index in [0.717, 1.165) is 24.3 Å². The Morgan fingerprint density at radius 1 is 1.55 bits per heavy atom. The number of fused-ring (bicyclic) bond motifs is 1. The minimum atomic E-state index is -0.394. The molecule has 1 heterocycles. The summed E-state index contributed by atoms with van der Waals surface area (Å²) in [6.45, 7) is 0. The number of hydrogen-bond donors (Lipinski definition) is 2. The molecule has 1 aromatic rings. The SMILES string of the molecule is CSCC[C@H](N)C(=O)NC1CCSc2ccccc21.Cl.